The lowest BCUT2D eigenvalue weighted by atomic mass is 10.2. The highest BCUT2D eigenvalue weighted by atomic mass is 16.5. The van der Waals surface area contributed by atoms with E-state index >= 15 is 0 Å². The van der Waals surface area contributed by atoms with Crippen LogP contribution < -0.4 is 9.47 Å². The summed E-state index contributed by atoms with van der Waals surface area (Å²) in [6.07, 6.45) is 5.50. The number of ether oxygens (including phenoxy) is 2. The number of benzene rings is 1. The Morgan fingerprint density at radius 3 is 3.00 bits per heavy atom. The molecule has 1 fully saturated rings. The summed E-state index contributed by atoms with van der Waals surface area (Å²) in [7, 11) is 0. The average Bonchev–Trinajstić information content (AvgIpc) is 3.03. The Labute approximate surface area is 135 Å². The van der Waals surface area contributed by atoms with Crippen molar-refractivity contribution in [3.8, 4) is 11.6 Å². The van der Waals surface area contributed by atoms with Gasteiger partial charge in [-0.25, -0.2) is 4.98 Å². The molecule has 2 heterocycles. The van der Waals surface area contributed by atoms with Crippen LogP contribution in [0.25, 0.3) is 0 Å². The van der Waals surface area contributed by atoms with Crippen molar-refractivity contribution in [1.82, 2.24) is 14.9 Å². The summed E-state index contributed by atoms with van der Waals surface area (Å²) in [5.74, 6) is 1.20. The molecule has 1 amide bonds. The van der Waals surface area contributed by atoms with Crippen LogP contribution in [0, 0.1) is 6.92 Å². The minimum atomic E-state index is -0.0471. The summed E-state index contributed by atoms with van der Waals surface area (Å²) >= 11 is 0. The molecule has 0 radical (unpaired) electrons. The molecule has 3 rings (SSSR count). The van der Waals surface area contributed by atoms with Crippen LogP contribution in [0.1, 0.15) is 12.0 Å². The number of carbonyl (C=O) groups is 1. The van der Waals surface area contributed by atoms with E-state index in [2.05, 4.69) is 9.97 Å². The summed E-state index contributed by atoms with van der Waals surface area (Å²) < 4.78 is 11.3. The van der Waals surface area contributed by atoms with Crippen LogP contribution >= 0.6 is 0 Å². The summed E-state index contributed by atoms with van der Waals surface area (Å²) in [5, 5.41) is 0. The van der Waals surface area contributed by atoms with E-state index < -0.39 is 0 Å². The van der Waals surface area contributed by atoms with Gasteiger partial charge < -0.3 is 14.4 Å². The van der Waals surface area contributed by atoms with Crippen molar-refractivity contribution in [2.75, 3.05) is 19.7 Å². The summed E-state index contributed by atoms with van der Waals surface area (Å²) in [4.78, 5) is 22.1. The highest BCUT2D eigenvalue weighted by Gasteiger charge is 2.28. The second kappa shape index (κ2) is 7.09. The van der Waals surface area contributed by atoms with E-state index in [0.717, 1.165) is 17.7 Å². The van der Waals surface area contributed by atoms with E-state index in [1.165, 1.54) is 0 Å². The maximum Gasteiger partial charge on any atom is 0.260 e. The van der Waals surface area contributed by atoms with Gasteiger partial charge in [0.15, 0.2) is 6.61 Å². The molecule has 6 heteroatoms. The highest BCUT2D eigenvalue weighted by Crippen LogP contribution is 2.18. The van der Waals surface area contributed by atoms with Gasteiger partial charge in [0.2, 0.25) is 5.88 Å². The van der Waals surface area contributed by atoms with E-state index in [1.54, 1.807) is 23.5 Å². The first-order valence-electron chi connectivity index (χ1n) is 7.61. The number of likely N-dealkylation sites (tertiary alicyclic amines) is 1. The summed E-state index contributed by atoms with van der Waals surface area (Å²) in [6, 6.07) is 7.67. The lowest BCUT2D eigenvalue weighted by molar-refractivity contribution is -0.132. The van der Waals surface area contributed by atoms with Crippen molar-refractivity contribution in [3.05, 3.63) is 48.4 Å². The molecule has 1 aromatic carbocycles. The first kappa shape index (κ1) is 15.3. The van der Waals surface area contributed by atoms with E-state index in [0.29, 0.717) is 19.0 Å². The van der Waals surface area contributed by atoms with Crippen LogP contribution in [0.3, 0.4) is 0 Å². The lowest BCUT2D eigenvalue weighted by Gasteiger charge is -2.17. The SMILES string of the molecule is Cc1ccccc1OCC(=O)N1CC[C@@H](Oc2cnccn2)C1. The standard InChI is InChI=1S/C17H19N3O3/c1-13-4-2-3-5-15(13)22-12-17(21)20-9-6-14(11-20)23-16-10-18-7-8-19-16/h2-5,7-8,10,14H,6,9,11-12H2,1H3/t14-/m1/s1. The van der Waals surface area contributed by atoms with Crippen LogP contribution in [-0.4, -0.2) is 46.6 Å². The fourth-order valence-electron chi connectivity index (χ4n) is 2.52. The van der Waals surface area contributed by atoms with Crippen molar-refractivity contribution in [1.29, 1.82) is 0 Å². The molecule has 120 valence electrons. The maximum absolute atomic E-state index is 12.2. The number of para-hydroxylation sites is 1. The van der Waals surface area contributed by atoms with Crippen molar-refractivity contribution in [2.45, 2.75) is 19.4 Å². The Morgan fingerprint density at radius 1 is 1.35 bits per heavy atom. The number of hydrogen-bond donors (Lipinski definition) is 0. The molecule has 6 nitrogen and oxygen atoms in total. The second-order valence-electron chi connectivity index (χ2n) is 5.47. The third kappa shape index (κ3) is 3.97. The van der Waals surface area contributed by atoms with Crippen LogP contribution in [0.5, 0.6) is 11.6 Å². The predicted molar refractivity (Wildman–Crippen MR) is 84.3 cm³/mol. The molecule has 0 saturated carbocycles. The molecule has 0 bridgehead atoms. The Morgan fingerprint density at radius 2 is 2.22 bits per heavy atom. The van der Waals surface area contributed by atoms with E-state index in [1.807, 2.05) is 31.2 Å². The van der Waals surface area contributed by atoms with Crippen LogP contribution in [0.4, 0.5) is 0 Å². The van der Waals surface area contributed by atoms with Gasteiger partial charge in [0, 0.05) is 25.4 Å². The van der Waals surface area contributed by atoms with Crippen molar-refractivity contribution >= 4 is 5.91 Å². The highest BCUT2D eigenvalue weighted by molar-refractivity contribution is 5.78. The lowest BCUT2D eigenvalue weighted by Crippen LogP contribution is -2.34. The van der Waals surface area contributed by atoms with Gasteiger partial charge in [-0.2, -0.15) is 0 Å². The van der Waals surface area contributed by atoms with Crippen LogP contribution in [0.15, 0.2) is 42.9 Å². The fourth-order valence-corrected chi connectivity index (χ4v) is 2.52. The van der Waals surface area contributed by atoms with E-state index in [4.69, 9.17) is 9.47 Å². The minimum absolute atomic E-state index is 0.0292. The quantitative estimate of drug-likeness (QED) is 0.843. The predicted octanol–water partition coefficient (Wildman–Crippen LogP) is 1.84. The number of rotatable bonds is 5. The Balaban J connectivity index is 1.49. The molecule has 0 N–H and O–H groups in total. The average molecular weight is 313 g/mol. The molecule has 1 aliphatic heterocycles. The van der Waals surface area contributed by atoms with Crippen LogP contribution in [0.2, 0.25) is 0 Å². The Bertz CT molecular complexity index is 663. The van der Waals surface area contributed by atoms with Crippen molar-refractivity contribution in [2.24, 2.45) is 0 Å². The van der Waals surface area contributed by atoms with Gasteiger partial charge in [0.25, 0.3) is 5.91 Å². The van der Waals surface area contributed by atoms with Gasteiger partial charge in [-0.3, -0.25) is 9.78 Å². The number of aromatic nitrogens is 2. The van der Waals surface area contributed by atoms with Gasteiger partial charge in [-0.1, -0.05) is 18.2 Å². The Hall–Kier alpha value is -2.63. The number of hydrogen-bond acceptors (Lipinski definition) is 5. The van der Waals surface area contributed by atoms with Crippen molar-refractivity contribution in [3.63, 3.8) is 0 Å². The molecule has 1 aliphatic rings. The molecule has 23 heavy (non-hydrogen) atoms. The van der Waals surface area contributed by atoms with E-state index in [9.17, 15) is 4.79 Å². The molecule has 1 atom stereocenters. The number of nitrogens with zero attached hydrogens (tertiary/aromatic N) is 3. The smallest absolute Gasteiger partial charge is 0.260 e. The zero-order chi connectivity index (χ0) is 16.1. The van der Waals surface area contributed by atoms with E-state index in [-0.39, 0.29) is 18.6 Å². The molecule has 0 unspecified atom stereocenters. The van der Waals surface area contributed by atoms with Gasteiger partial charge in [-0.05, 0) is 18.6 Å². The monoisotopic (exact) mass is 313 g/mol. The molecule has 0 aliphatic carbocycles. The molecule has 1 saturated heterocycles. The number of carbonyl (C=O) groups excluding carboxylic acids is 1. The second-order valence-corrected chi connectivity index (χ2v) is 5.47. The summed E-state index contributed by atoms with van der Waals surface area (Å²) in [5.41, 5.74) is 1.02. The van der Waals surface area contributed by atoms with Crippen LogP contribution in [-0.2, 0) is 4.79 Å². The number of amides is 1. The first-order chi connectivity index (χ1) is 11.2. The third-order valence-corrected chi connectivity index (χ3v) is 3.77. The van der Waals surface area contributed by atoms with Crippen molar-refractivity contribution < 1.29 is 14.3 Å². The third-order valence-electron chi connectivity index (χ3n) is 3.77. The topological polar surface area (TPSA) is 64.5 Å². The molecular weight excluding hydrogens is 294 g/mol. The largest absolute Gasteiger partial charge is 0.484 e. The van der Waals surface area contributed by atoms with Gasteiger partial charge in [0.1, 0.15) is 11.9 Å². The summed E-state index contributed by atoms with van der Waals surface area (Å²) in [6.45, 7) is 3.22. The molecular formula is C17H19N3O3. The zero-order valence-corrected chi connectivity index (χ0v) is 13.0. The van der Waals surface area contributed by atoms with Gasteiger partial charge in [-0.15, -0.1) is 0 Å². The fraction of sp³-hybridized carbons (Fsp3) is 0.353. The molecule has 0 spiro atoms. The molecule has 1 aromatic heterocycles. The molecule has 2 aromatic rings. The zero-order valence-electron chi connectivity index (χ0n) is 13.0. The van der Waals surface area contributed by atoms with Gasteiger partial charge >= 0.3 is 0 Å². The minimum Gasteiger partial charge on any atom is -0.484 e. The normalized spacial score (nSPS) is 17.1. The maximum atomic E-state index is 12.2. The first-order valence-corrected chi connectivity index (χ1v) is 7.61. The number of aryl methyl sites for hydroxylation is 1. The van der Waals surface area contributed by atoms with Gasteiger partial charge in [0.05, 0.1) is 12.7 Å². The Kier molecular flexibility index (Phi) is 4.71.